The van der Waals surface area contributed by atoms with Gasteiger partial charge in [0, 0.05) is 5.38 Å². The number of thiazole rings is 1. The molecule has 18 heavy (non-hydrogen) atoms. The van der Waals surface area contributed by atoms with Gasteiger partial charge in [0.05, 0.1) is 18.8 Å². The maximum Gasteiger partial charge on any atom is 0.245 e. The van der Waals surface area contributed by atoms with Crippen molar-refractivity contribution in [3.8, 4) is 0 Å². The van der Waals surface area contributed by atoms with Gasteiger partial charge >= 0.3 is 0 Å². The third-order valence-corrected chi connectivity index (χ3v) is 2.77. The highest BCUT2D eigenvalue weighted by atomic mass is 35.5. The molecule has 4 N–H and O–H groups in total. The highest BCUT2D eigenvalue weighted by Gasteiger charge is 2.09. The van der Waals surface area contributed by atoms with Gasteiger partial charge in [0.1, 0.15) is 0 Å². The molecular weight excluding hydrogens is 276 g/mol. The number of aromatic nitrogens is 1. The quantitative estimate of drug-likeness (QED) is 0.744. The zero-order chi connectivity index (χ0) is 12.8. The van der Waals surface area contributed by atoms with Gasteiger partial charge in [-0.05, 0) is 5.92 Å². The number of halogens is 1. The summed E-state index contributed by atoms with van der Waals surface area (Å²) in [6.45, 7) is 3.85. The average Bonchev–Trinajstić information content (AvgIpc) is 2.74. The van der Waals surface area contributed by atoms with Crippen LogP contribution in [0.3, 0.4) is 0 Å². The Balaban J connectivity index is 0.00000289. The van der Waals surface area contributed by atoms with Crippen molar-refractivity contribution in [2.45, 2.75) is 19.8 Å². The Morgan fingerprint density at radius 3 is 2.61 bits per heavy atom. The van der Waals surface area contributed by atoms with Gasteiger partial charge in [-0.15, -0.1) is 23.7 Å². The second-order valence-electron chi connectivity index (χ2n) is 3.76. The van der Waals surface area contributed by atoms with Crippen LogP contribution in [0.25, 0.3) is 0 Å². The van der Waals surface area contributed by atoms with Crippen LogP contribution in [0.1, 0.15) is 25.5 Å². The van der Waals surface area contributed by atoms with Crippen molar-refractivity contribution >= 4 is 40.7 Å². The number of amides is 2. The topological polar surface area (TPSA) is 97.1 Å². The summed E-state index contributed by atoms with van der Waals surface area (Å²) in [7, 11) is 0. The predicted molar refractivity (Wildman–Crippen MR) is 74.1 cm³/mol. The minimum Gasteiger partial charge on any atom is -0.346 e. The van der Waals surface area contributed by atoms with Crippen LogP contribution >= 0.6 is 23.7 Å². The summed E-state index contributed by atoms with van der Waals surface area (Å²) >= 11 is 1.37. The van der Waals surface area contributed by atoms with E-state index in [2.05, 4.69) is 15.6 Å². The van der Waals surface area contributed by atoms with E-state index in [9.17, 15) is 9.59 Å². The number of nitrogens with one attached hydrogen (secondary N) is 2. The maximum atomic E-state index is 11.4. The SMILES string of the molecule is CC(C)c1csc(NC(=O)CNC(=O)CN)n1.Cl. The molecular formula is C10H17ClN4O2S. The lowest BCUT2D eigenvalue weighted by atomic mass is 10.2. The minimum absolute atomic E-state index is 0. The van der Waals surface area contributed by atoms with Gasteiger partial charge in [0.15, 0.2) is 5.13 Å². The fraction of sp³-hybridized carbons (Fsp3) is 0.500. The van der Waals surface area contributed by atoms with Gasteiger partial charge in [0.2, 0.25) is 11.8 Å². The van der Waals surface area contributed by atoms with Crippen molar-refractivity contribution in [2.75, 3.05) is 18.4 Å². The molecule has 1 rings (SSSR count). The van der Waals surface area contributed by atoms with Crippen molar-refractivity contribution in [3.63, 3.8) is 0 Å². The first-order valence-electron chi connectivity index (χ1n) is 5.25. The number of nitrogens with zero attached hydrogens (tertiary/aromatic N) is 1. The lowest BCUT2D eigenvalue weighted by molar-refractivity contribution is -0.123. The summed E-state index contributed by atoms with van der Waals surface area (Å²) in [5, 5.41) is 7.44. The lowest BCUT2D eigenvalue weighted by Gasteiger charge is -2.03. The zero-order valence-corrected chi connectivity index (χ0v) is 11.9. The average molecular weight is 293 g/mol. The first-order valence-corrected chi connectivity index (χ1v) is 6.13. The Kier molecular flexibility index (Phi) is 7.49. The number of hydrogen-bond donors (Lipinski definition) is 3. The highest BCUT2D eigenvalue weighted by Crippen LogP contribution is 2.21. The van der Waals surface area contributed by atoms with Crippen LogP contribution in [0.15, 0.2) is 5.38 Å². The van der Waals surface area contributed by atoms with Crippen molar-refractivity contribution in [1.29, 1.82) is 0 Å². The second kappa shape index (κ2) is 8.02. The van der Waals surface area contributed by atoms with Gasteiger partial charge in [-0.3, -0.25) is 9.59 Å². The van der Waals surface area contributed by atoms with Crippen molar-refractivity contribution in [3.05, 3.63) is 11.1 Å². The number of carbonyl (C=O) groups excluding carboxylic acids is 2. The Bertz CT molecular complexity index is 408. The third-order valence-electron chi connectivity index (χ3n) is 1.99. The minimum atomic E-state index is -0.359. The zero-order valence-electron chi connectivity index (χ0n) is 10.2. The molecule has 0 aliphatic heterocycles. The van der Waals surface area contributed by atoms with E-state index in [0.717, 1.165) is 5.69 Å². The van der Waals surface area contributed by atoms with Crippen LogP contribution in [-0.4, -0.2) is 29.9 Å². The molecule has 0 aliphatic carbocycles. The van der Waals surface area contributed by atoms with E-state index >= 15 is 0 Å². The molecule has 0 aliphatic rings. The molecule has 1 heterocycles. The molecule has 2 amide bonds. The van der Waals surface area contributed by atoms with Crippen LogP contribution in [0, 0.1) is 0 Å². The lowest BCUT2D eigenvalue weighted by Crippen LogP contribution is -2.36. The van der Waals surface area contributed by atoms with E-state index in [0.29, 0.717) is 11.0 Å². The molecule has 0 radical (unpaired) electrons. The summed E-state index contributed by atoms with van der Waals surface area (Å²) in [5.41, 5.74) is 6.03. The van der Waals surface area contributed by atoms with E-state index in [1.165, 1.54) is 11.3 Å². The summed E-state index contributed by atoms with van der Waals surface area (Å²) in [6, 6.07) is 0. The molecule has 0 bridgehead atoms. The van der Waals surface area contributed by atoms with Crippen molar-refractivity contribution < 1.29 is 9.59 Å². The Morgan fingerprint density at radius 1 is 1.44 bits per heavy atom. The van der Waals surface area contributed by atoms with E-state index in [-0.39, 0.29) is 37.3 Å². The Labute approximate surface area is 116 Å². The number of hydrogen-bond acceptors (Lipinski definition) is 5. The van der Waals surface area contributed by atoms with Crippen LogP contribution in [0.2, 0.25) is 0 Å². The fourth-order valence-corrected chi connectivity index (χ4v) is 1.91. The van der Waals surface area contributed by atoms with Crippen LogP contribution in [-0.2, 0) is 9.59 Å². The molecule has 0 atom stereocenters. The predicted octanol–water partition coefficient (Wildman–Crippen LogP) is 0.702. The van der Waals surface area contributed by atoms with E-state index in [4.69, 9.17) is 5.73 Å². The van der Waals surface area contributed by atoms with Gasteiger partial charge in [-0.1, -0.05) is 13.8 Å². The summed E-state index contributed by atoms with van der Waals surface area (Å²) in [6.07, 6.45) is 0. The van der Waals surface area contributed by atoms with E-state index in [1.54, 1.807) is 0 Å². The maximum absolute atomic E-state index is 11.4. The smallest absolute Gasteiger partial charge is 0.245 e. The van der Waals surface area contributed by atoms with Gasteiger partial charge in [-0.2, -0.15) is 0 Å². The molecule has 1 aromatic rings. The second-order valence-corrected chi connectivity index (χ2v) is 4.62. The fourth-order valence-electron chi connectivity index (χ4n) is 1.02. The summed E-state index contributed by atoms with van der Waals surface area (Å²) in [5.74, 6) is -0.340. The first-order chi connectivity index (χ1) is 8.02. The Morgan fingerprint density at radius 2 is 2.11 bits per heavy atom. The molecule has 8 heteroatoms. The third kappa shape index (κ3) is 5.44. The normalized spacial score (nSPS) is 9.78. The van der Waals surface area contributed by atoms with Crippen molar-refractivity contribution in [1.82, 2.24) is 10.3 Å². The highest BCUT2D eigenvalue weighted by molar-refractivity contribution is 7.13. The molecule has 6 nitrogen and oxygen atoms in total. The number of rotatable bonds is 5. The molecule has 0 spiro atoms. The van der Waals surface area contributed by atoms with Gasteiger partial charge in [0.25, 0.3) is 0 Å². The number of carbonyl (C=O) groups is 2. The summed E-state index contributed by atoms with van der Waals surface area (Å²) in [4.78, 5) is 26.5. The molecule has 0 aromatic carbocycles. The van der Waals surface area contributed by atoms with E-state index in [1.807, 2.05) is 19.2 Å². The standard InChI is InChI=1S/C10H16N4O2S.ClH/c1-6(2)7-5-17-10(13-7)14-9(16)4-12-8(15)3-11;/h5-6H,3-4,11H2,1-2H3,(H,12,15)(H,13,14,16);1H. The van der Waals surface area contributed by atoms with Crippen molar-refractivity contribution in [2.24, 2.45) is 5.73 Å². The van der Waals surface area contributed by atoms with Gasteiger partial charge < -0.3 is 16.4 Å². The first kappa shape index (κ1) is 16.8. The Hall–Kier alpha value is -1.18. The molecule has 0 unspecified atom stereocenters. The molecule has 102 valence electrons. The van der Waals surface area contributed by atoms with Crippen LogP contribution in [0.5, 0.6) is 0 Å². The van der Waals surface area contributed by atoms with Crippen LogP contribution in [0.4, 0.5) is 5.13 Å². The van der Waals surface area contributed by atoms with Gasteiger partial charge in [-0.25, -0.2) is 4.98 Å². The number of anilines is 1. The summed E-state index contributed by atoms with van der Waals surface area (Å²) < 4.78 is 0. The van der Waals surface area contributed by atoms with Crippen LogP contribution < -0.4 is 16.4 Å². The molecule has 1 aromatic heterocycles. The largest absolute Gasteiger partial charge is 0.346 e. The molecule has 0 saturated heterocycles. The van der Waals surface area contributed by atoms with E-state index < -0.39 is 0 Å². The molecule has 0 fully saturated rings. The monoisotopic (exact) mass is 292 g/mol. The number of nitrogens with two attached hydrogens (primary N) is 1. The molecule has 0 saturated carbocycles.